The van der Waals surface area contributed by atoms with Crippen LogP contribution < -0.4 is 4.89 Å². The summed E-state index contributed by atoms with van der Waals surface area (Å²) >= 11 is 0. The molecule has 0 bridgehead atoms. The maximum Gasteiger partial charge on any atom is 0.305 e. The number of likely N-dealkylation sites (N-methyl/N-ethyl adjacent to an activating group) is 1. The van der Waals surface area contributed by atoms with Gasteiger partial charge in [0.1, 0.15) is 19.8 Å². The predicted molar refractivity (Wildman–Crippen MR) is 231 cm³/mol. The fourth-order valence-corrected chi connectivity index (χ4v) is 7.14. The minimum absolute atomic E-state index is 0.0273. The van der Waals surface area contributed by atoms with Gasteiger partial charge in [0.25, 0.3) is 7.82 Å². The highest BCUT2D eigenvalue weighted by atomic mass is 31.2. The Labute approximate surface area is 341 Å². The lowest BCUT2D eigenvalue weighted by molar-refractivity contribution is -0.870. The average molecular weight is 800 g/mol. The lowest BCUT2D eigenvalue weighted by atomic mass is 10.0. The van der Waals surface area contributed by atoms with E-state index < -0.39 is 13.9 Å². The molecule has 0 saturated carbocycles. The highest BCUT2D eigenvalue weighted by Gasteiger charge is 2.19. The molecule has 0 heterocycles. The van der Waals surface area contributed by atoms with E-state index in [-0.39, 0.29) is 25.8 Å². The molecule has 2 unspecified atom stereocenters. The quantitative estimate of drug-likeness (QED) is 0.0151. The van der Waals surface area contributed by atoms with Crippen molar-refractivity contribution in [2.24, 2.45) is 0 Å². The Hall–Kier alpha value is -1.18. The summed E-state index contributed by atoms with van der Waals surface area (Å²) in [6.45, 7) is 4.72. The van der Waals surface area contributed by atoms with Gasteiger partial charge in [-0.1, -0.05) is 174 Å². The molecule has 0 amide bonds. The molecule has 0 rings (SSSR count). The van der Waals surface area contributed by atoms with Crippen molar-refractivity contribution < 1.29 is 37.3 Å². The van der Waals surface area contributed by atoms with Crippen LogP contribution in [0.3, 0.4) is 0 Å². The fraction of sp³-hybridized carbons (Fsp3) is 0.891. The van der Waals surface area contributed by atoms with Gasteiger partial charge in [0.05, 0.1) is 34.0 Å². The van der Waals surface area contributed by atoms with Gasteiger partial charge < -0.3 is 27.9 Å². The molecular formula is C46H90NO7P. The van der Waals surface area contributed by atoms with Crippen molar-refractivity contribution in [3.8, 4) is 0 Å². The molecule has 0 radical (unpaired) electrons. The Balaban J connectivity index is 4.24. The zero-order valence-electron chi connectivity index (χ0n) is 36.9. The van der Waals surface area contributed by atoms with Gasteiger partial charge in [-0.25, -0.2) is 0 Å². The van der Waals surface area contributed by atoms with Crippen LogP contribution in [0.15, 0.2) is 24.5 Å². The molecule has 0 saturated heterocycles. The largest absolute Gasteiger partial charge is 0.756 e. The van der Waals surface area contributed by atoms with Crippen molar-refractivity contribution in [1.82, 2.24) is 0 Å². The number of ether oxygens (including phenoxy) is 2. The predicted octanol–water partition coefficient (Wildman–Crippen LogP) is 13.3. The number of phosphoric acid groups is 1. The van der Waals surface area contributed by atoms with E-state index in [9.17, 15) is 14.3 Å². The van der Waals surface area contributed by atoms with Gasteiger partial charge in [-0.15, -0.1) is 0 Å². The van der Waals surface area contributed by atoms with Crippen LogP contribution in [0.2, 0.25) is 0 Å². The second-order valence-electron chi connectivity index (χ2n) is 16.8. The normalized spacial score (nSPS) is 13.9. The highest BCUT2D eigenvalue weighted by Crippen LogP contribution is 2.38. The Kier molecular flexibility index (Phi) is 38.8. The first kappa shape index (κ1) is 53.8. The average Bonchev–Trinajstić information content (AvgIpc) is 3.14. The van der Waals surface area contributed by atoms with Gasteiger partial charge in [-0.2, -0.15) is 0 Å². The van der Waals surface area contributed by atoms with Crippen LogP contribution in [0.5, 0.6) is 0 Å². The first-order valence-corrected chi connectivity index (χ1v) is 24.6. The van der Waals surface area contributed by atoms with Gasteiger partial charge in [-0.3, -0.25) is 9.36 Å². The Morgan fingerprint density at radius 1 is 0.564 bits per heavy atom. The monoisotopic (exact) mass is 800 g/mol. The summed E-state index contributed by atoms with van der Waals surface area (Å²) in [4.78, 5) is 24.9. The number of carbonyl (C=O) groups is 1. The van der Waals surface area contributed by atoms with E-state index in [1.165, 1.54) is 148 Å². The SMILES string of the molecule is CCCCCCCC/C=C\CCCCCC/C=C\OC(COC(=O)CCCCCCCCCCCCCCCCCCC)COP(=O)([O-])OCC[N+](C)(C)C. The third-order valence-corrected chi connectivity index (χ3v) is 11.1. The first-order chi connectivity index (χ1) is 26.6. The number of hydrogen-bond donors (Lipinski definition) is 0. The van der Waals surface area contributed by atoms with Crippen molar-refractivity contribution in [2.75, 3.05) is 47.5 Å². The number of carbonyl (C=O) groups excluding carboxylic acids is 1. The standard InChI is InChI=1S/C46H90NO7P/c1-6-8-10-12-14-16-18-20-22-24-25-27-29-31-33-35-37-39-46(48)52-43-45(44-54-55(49,50)53-42-40-47(3,4)5)51-41-38-36-34-32-30-28-26-23-21-19-17-15-13-11-9-7-2/h21,23,38,41,45H,6-20,22,24-37,39-40,42-44H2,1-5H3/b23-21-,41-38-. The second kappa shape index (κ2) is 39.6. The summed E-state index contributed by atoms with van der Waals surface area (Å²) in [5.74, 6) is -0.291. The second-order valence-corrected chi connectivity index (χ2v) is 18.2. The van der Waals surface area contributed by atoms with Crippen molar-refractivity contribution in [3.63, 3.8) is 0 Å². The fourth-order valence-electron chi connectivity index (χ4n) is 6.41. The molecule has 2 atom stereocenters. The number of esters is 1. The maximum absolute atomic E-state index is 12.5. The number of allylic oxidation sites excluding steroid dienone is 3. The third kappa shape index (κ3) is 43.8. The van der Waals surface area contributed by atoms with Crippen molar-refractivity contribution >= 4 is 13.8 Å². The van der Waals surface area contributed by atoms with Crippen LogP contribution in [-0.2, 0) is 27.9 Å². The molecule has 326 valence electrons. The van der Waals surface area contributed by atoms with Crippen molar-refractivity contribution in [3.05, 3.63) is 24.5 Å². The van der Waals surface area contributed by atoms with E-state index in [2.05, 4.69) is 26.0 Å². The van der Waals surface area contributed by atoms with Gasteiger partial charge in [0, 0.05) is 6.42 Å². The molecule has 0 fully saturated rings. The third-order valence-electron chi connectivity index (χ3n) is 10.1. The number of hydrogen-bond acceptors (Lipinski definition) is 7. The number of unbranched alkanes of at least 4 members (excludes halogenated alkanes) is 27. The zero-order valence-corrected chi connectivity index (χ0v) is 37.8. The molecule has 8 nitrogen and oxygen atoms in total. The molecule has 0 spiro atoms. The molecule has 0 aliphatic heterocycles. The number of phosphoric ester groups is 1. The molecule has 0 N–H and O–H groups in total. The van der Waals surface area contributed by atoms with E-state index in [0.717, 1.165) is 44.9 Å². The van der Waals surface area contributed by atoms with Crippen LogP contribution >= 0.6 is 7.82 Å². The summed E-state index contributed by atoms with van der Waals surface area (Å²) < 4.78 is 34.4. The van der Waals surface area contributed by atoms with E-state index in [1.54, 1.807) is 6.26 Å². The summed E-state index contributed by atoms with van der Waals surface area (Å²) in [6, 6.07) is 0. The van der Waals surface area contributed by atoms with Crippen molar-refractivity contribution in [2.45, 2.75) is 219 Å². The summed E-state index contributed by atoms with van der Waals surface area (Å²) in [7, 11) is 1.36. The van der Waals surface area contributed by atoms with E-state index >= 15 is 0 Å². The minimum Gasteiger partial charge on any atom is -0.756 e. The number of quaternary nitrogens is 1. The molecule has 9 heteroatoms. The maximum atomic E-state index is 12.5. The van der Waals surface area contributed by atoms with Gasteiger partial charge in [-0.05, 0) is 51.0 Å². The van der Waals surface area contributed by atoms with Crippen molar-refractivity contribution in [1.29, 1.82) is 0 Å². The van der Waals surface area contributed by atoms with Crippen LogP contribution in [0, 0.1) is 0 Å². The molecule has 0 aromatic heterocycles. The van der Waals surface area contributed by atoms with E-state index in [4.69, 9.17) is 18.5 Å². The van der Waals surface area contributed by atoms with Gasteiger partial charge in [0.15, 0.2) is 6.10 Å². The lowest BCUT2D eigenvalue weighted by Crippen LogP contribution is -2.37. The van der Waals surface area contributed by atoms with Gasteiger partial charge >= 0.3 is 5.97 Å². The molecule has 0 aliphatic carbocycles. The zero-order chi connectivity index (χ0) is 40.6. The molecule has 0 aromatic rings. The smallest absolute Gasteiger partial charge is 0.305 e. The Morgan fingerprint density at radius 2 is 0.964 bits per heavy atom. The summed E-state index contributed by atoms with van der Waals surface area (Å²) in [5, 5.41) is 0. The summed E-state index contributed by atoms with van der Waals surface area (Å²) in [6.07, 6.45) is 45.8. The van der Waals surface area contributed by atoms with Crippen LogP contribution in [0.1, 0.15) is 213 Å². The summed E-state index contributed by atoms with van der Waals surface area (Å²) in [5.41, 5.74) is 0. The first-order valence-electron chi connectivity index (χ1n) is 23.1. The lowest BCUT2D eigenvalue weighted by Gasteiger charge is -2.28. The van der Waals surface area contributed by atoms with E-state index in [1.807, 2.05) is 27.2 Å². The molecule has 0 aliphatic rings. The molecule has 0 aromatic carbocycles. The van der Waals surface area contributed by atoms with Gasteiger partial charge in [0.2, 0.25) is 0 Å². The number of nitrogens with zero attached hydrogens (tertiary/aromatic N) is 1. The van der Waals surface area contributed by atoms with Crippen LogP contribution in [0.25, 0.3) is 0 Å². The Morgan fingerprint density at radius 3 is 1.40 bits per heavy atom. The van der Waals surface area contributed by atoms with Crippen LogP contribution in [-0.4, -0.2) is 64.1 Å². The highest BCUT2D eigenvalue weighted by molar-refractivity contribution is 7.45. The molecule has 55 heavy (non-hydrogen) atoms. The van der Waals surface area contributed by atoms with Crippen LogP contribution in [0.4, 0.5) is 0 Å². The topological polar surface area (TPSA) is 94.1 Å². The number of rotatable bonds is 43. The Bertz CT molecular complexity index is 936. The minimum atomic E-state index is -4.51. The van der Waals surface area contributed by atoms with E-state index in [0.29, 0.717) is 17.4 Å². The molecular weight excluding hydrogens is 709 g/mol.